The van der Waals surface area contributed by atoms with Gasteiger partial charge in [0.05, 0.1) is 6.10 Å². The normalized spacial score (nSPS) is 26.2. The summed E-state index contributed by atoms with van der Waals surface area (Å²) in [7, 11) is 0. The topological polar surface area (TPSA) is 21.3 Å². The van der Waals surface area contributed by atoms with Crippen LogP contribution in [0.1, 0.15) is 40.5 Å². The summed E-state index contributed by atoms with van der Waals surface area (Å²) in [6.45, 7) is 10.9. The molecule has 1 aliphatic heterocycles. The van der Waals surface area contributed by atoms with Crippen LogP contribution in [-0.2, 0) is 4.74 Å². The average Bonchev–Trinajstić information content (AvgIpc) is 2.79. The molecule has 3 heteroatoms. The average molecular weight is 308 g/mol. The first-order valence-electron chi connectivity index (χ1n) is 7.96. The third-order valence-electron chi connectivity index (χ3n) is 4.41. The van der Waals surface area contributed by atoms with E-state index in [9.17, 15) is 0 Å². The zero-order valence-corrected chi connectivity index (χ0v) is 14.6. The van der Waals surface area contributed by atoms with Gasteiger partial charge in [-0.2, -0.15) is 0 Å². The Kier molecular flexibility index (Phi) is 5.75. The zero-order chi connectivity index (χ0) is 15.3. The number of hydrogen-bond acceptors (Lipinski definition) is 3. The monoisotopic (exact) mass is 307 g/mol. The van der Waals surface area contributed by atoms with E-state index in [0.717, 1.165) is 18.9 Å². The molecule has 0 amide bonds. The largest absolute Gasteiger partial charge is 0.378 e. The standard InChI is InChI=1S/C18H29NOS/c1-15-18(10-12-20-15,14-19-17(2,3)4)11-13-21-16-8-6-5-7-9-16/h5-9,15,19H,10-14H2,1-4H3. The van der Waals surface area contributed by atoms with Crippen molar-refractivity contribution in [2.75, 3.05) is 18.9 Å². The molecule has 0 saturated carbocycles. The molecule has 2 atom stereocenters. The number of nitrogens with one attached hydrogen (secondary N) is 1. The highest BCUT2D eigenvalue weighted by Gasteiger charge is 2.41. The van der Waals surface area contributed by atoms with Crippen LogP contribution in [0, 0.1) is 5.41 Å². The Hall–Kier alpha value is -0.510. The van der Waals surface area contributed by atoms with Gasteiger partial charge in [-0.25, -0.2) is 0 Å². The summed E-state index contributed by atoms with van der Waals surface area (Å²) in [6, 6.07) is 10.7. The first kappa shape index (κ1) is 16.9. The molecule has 21 heavy (non-hydrogen) atoms. The second kappa shape index (κ2) is 7.17. The van der Waals surface area contributed by atoms with Gasteiger partial charge in [-0.3, -0.25) is 0 Å². The minimum atomic E-state index is 0.169. The van der Waals surface area contributed by atoms with Crippen LogP contribution in [0.25, 0.3) is 0 Å². The molecular formula is C18H29NOS. The van der Waals surface area contributed by atoms with E-state index in [1.54, 1.807) is 0 Å². The Labute approximate surface area is 134 Å². The van der Waals surface area contributed by atoms with E-state index in [1.165, 1.54) is 17.7 Å². The molecule has 118 valence electrons. The highest BCUT2D eigenvalue weighted by atomic mass is 32.2. The van der Waals surface area contributed by atoms with Crippen molar-refractivity contribution in [2.45, 2.75) is 57.1 Å². The number of rotatable bonds is 6. The molecule has 0 bridgehead atoms. The first-order valence-corrected chi connectivity index (χ1v) is 8.94. The molecule has 0 aromatic heterocycles. The van der Waals surface area contributed by atoms with Crippen LogP contribution >= 0.6 is 11.8 Å². The van der Waals surface area contributed by atoms with E-state index in [2.05, 4.69) is 63.3 Å². The van der Waals surface area contributed by atoms with Crippen molar-refractivity contribution in [3.8, 4) is 0 Å². The minimum Gasteiger partial charge on any atom is -0.378 e. The van der Waals surface area contributed by atoms with E-state index in [-0.39, 0.29) is 11.0 Å². The lowest BCUT2D eigenvalue weighted by atomic mass is 9.78. The maximum absolute atomic E-state index is 5.89. The summed E-state index contributed by atoms with van der Waals surface area (Å²) < 4.78 is 5.89. The Morgan fingerprint density at radius 2 is 2.00 bits per heavy atom. The van der Waals surface area contributed by atoms with Gasteiger partial charge in [0, 0.05) is 29.0 Å². The predicted octanol–water partition coefficient (Wildman–Crippen LogP) is 4.35. The Bertz CT molecular complexity index is 429. The lowest BCUT2D eigenvalue weighted by Gasteiger charge is -2.35. The van der Waals surface area contributed by atoms with E-state index in [4.69, 9.17) is 4.74 Å². The SMILES string of the molecule is CC1OCCC1(CCSc1ccccc1)CNC(C)(C)C. The summed E-state index contributed by atoms with van der Waals surface area (Å²) in [5, 5.41) is 3.69. The second-order valence-electron chi connectivity index (χ2n) is 7.14. The Balaban J connectivity index is 1.91. The van der Waals surface area contributed by atoms with Gasteiger partial charge in [-0.1, -0.05) is 18.2 Å². The first-order chi connectivity index (χ1) is 9.91. The van der Waals surface area contributed by atoms with Gasteiger partial charge < -0.3 is 10.1 Å². The molecule has 0 aliphatic carbocycles. The number of thioether (sulfide) groups is 1. The molecule has 1 aromatic rings. The van der Waals surface area contributed by atoms with Gasteiger partial charge in [-0.15, -0.1) is 11.8 Å². The van der Waals surface area contributed by atoms with Gasteiger partial charge in [-0.05, 0) is 58.4 Å². The van der Waals surface area contributed by atoms with Crippen molar-refractivity contribution in [2.24, 2.45) is 5.41 Å². The highest BCUT2D eigenvalue weighted by molar-refractivity contribution is 7.99. The van der Waals surface area contributed by atoms with Gasteiger partial charge in [0.1, 0.15) is 0 Å². The van der Waals surface area contributed by atoms with Crippen molar-refractivity contribution in [3.05, 3.63) is 30.3 Å². The number of hydrogen-bond donors (Lipinski definition) is 1. The van der Waals surface area contributed by atoms with Gasteiger partial charge in [0.15, 0.2) is 0 Å². The summed E-state index contributed by atoms with van der Waals surface area (Å²) in [4.78, 5) is 1.36. The predicted molar refractivity (Wildman–Crippen MR) is 92.0 cm³/mol. The second-order valence-corrected chi connectivity index (χ2v) is 8.31. The van der Waals surface area contributed by atoms with E-state index < -0.39 is 0 Å². The van der Waals surface area contributed by atoms with Crippen LogP contribution in [0.4, 0.5) is 0 Å². The van der Waals surface area contributed by atoms with Crippen LogP contribution in [-0.4, -0.2) is 30.5 Å². The van der Waals surface area contributed by atoms with Crippen LogP contribution in [0.15, 0.2) is 35.2 Å². The summed E-state index contributed by atoms with van der Waals surface area (Å²) in [6.07, 6.45) is 2.73. The maximum Gasteiger partial charge on any atom is 0.0616 e. The lowest BCUT2D eigenvalue weighted by molar-refractivity contribution is 0.0583. The molecule has 2 unspecified atom stereocenters. The third kappa shape index (κ3) is 5.01. The molecule has 1 heterocycles. The van der Waals surface area contributed by atoms with Crippen molar-refractivity contribution in [1.29, 1.82) is 0 Å². The van der Waals surface area contributed by atoms with E-state index in [1.807, 2.05) is 11.8 Å². The molecule has 1 fully saturated rings. The molecule has 0 radical (unpaired) electrons. The van der Waals surface area contributed by atoms with Crippen LogP contribution in [0.2, 0.25) is 0 Å². The molecule has 2 rings (SSSR count). The van der Waals surface area contributed by atoms with Crippen molar-refractivity contribution >= 4 is 11.8 Å². The maximum atomic E-state index is 5.89. The zero-order valence-electron chi connectivity index (χ0n) is 13.8. The molecule has 1 N–H and O–H groups in total. The van der Waals surface area contributed by atoms with Crippen LogP contribution in [0.5, 0.6) is 0 Å². The summed E-state index contributed by atoms with van der Waals surface area (Å²) in [5.41, 5.74) is 0.455. The molecule has 2 nitrogen and oxygen atoms in total. The number of benzene rings is 1. The molecule has 1 aromatic carbocycles. The van der Waals surface area contributed by atoms with Gasteiger partial charge >= 0.3 is 0 Å². The third-order valence-corrected chi connectivity index (χ3v) is 5.43. The fourth-order valence-corrected chi connectivity index (χ4v) is 3.89. The van der Waals surface area contributed by atoms with Crippen LogP contribution < -0.4 is 5.32 Å². The highest BCUT2D eigenvalue weighted by Crippen LogP contribution is 2.39. The molecular weight excluding hydrogens is 278 g/mol. The lowest BCUT2D eigenvalue weighted by Crippen LogP contribution is -2.47. The molecule has 0 spiro atoms. The van der Waals surface area contributed by atoms with Gasteiger partial charge in [0.25, 0.3) is 0 Å². The molecule has 1 aliphatic rings. The van der Waals surface area contributed by atoms with Crippen molar-refractivity contribution in [3.63, 3.8) is 0 Å². The van der Waals surface area contributed by atoms with Crippen molar-refractivity contribution in [1.82, 2.24) is 5.32 Å². The summed E-state index contributed by atoms with van der Waals surface area (Å²) in [5.74, 6) is 1.16. The number of ether oxygens (including phenoxy) is 1. The fraction of sp³-hybridized carbons (Fsp3) is 0.667. The van der Waals surface area contributed by atoms with E-state index in [0.29, 0.717) is 6.10 Å². The Morgan fingerprint density at radius 1 is 1.29 bits per heavy atom. The fourth-order valence-electron chi connectivity index (χ4n) is 2.80. The summed E-state index contributed by atoms with van der Waals surface area (Å²) >= 11 is 1.96. The smallest absolute Gasteiger partial charge is 0.0616 e. The quantitative estimate of drug-likeness (QED) is 0.789. The molecule has 1 saturated heterocycles. The Morgan fingerprint density at radius 3 is 2.57 bits per heavy atom. The van der Waals surface area contributed by atoms with Gasteiger partial charge in [0.2, 0.25) is 0 Å². The minimum absolute atomic E-state index is 0.169. The van der Waals surface area contributed by atoms with E-state index >= 15 is 0 Å². The van der Waals surface area contributed by atoms with Crippen molar-refractivity contribution < 1.29 is 4.74 Å². The van der Waals surface area contributed by atoms with Crippen LogP contribution in [0.3, 0.4) is 0 Å².